The summed E-state index contributed by atoms with van der Waals surface area (Å²) in [6.45, 7) is 9.83. The van der Waals surface area contributed by atoms with E-state index in [-0.39, 0.29) is 11.5 Å². The average molecular weight is 413 g/mol. The van der Waals surface area contributed by atoms with E-state index in [1.807, 2.05) is 0 Å². The number of hydrogen-bond acceptors (Lipinski definition) is 10. The van der Waals surface area contributed by atoms with Crippen LogP contribution < -0.4 is 0 Å². The van der Waals surface area contributed by atoms with Crippen LogP contribution in [0.1, 0.15) is 64.2 Å². The molecule has 1 atom stereocenters. The maximum Gasteiger partial charge on any atom is 0.259 e. The lowest BCUT2D eigenvalue weighted by Crippen LogP contribution is -2.44. The van der Waals surface area contributed by atoms with Gasteiger partial charge < -0.3 is 13.8 Å². The summed E-state index contributed by atoms with van der Waals surface area (Å²) in [6, 6.07) is 0.0151. The predicted octanol–water partition coefficient (Wildman–Crippen LogP) is 2.91. The quantitative estimate of drug-likeness (QED) is 0.618. The molecule has 1 unspecified atom stereocenters. The Balaban J connectivity index is 1.47. The summed E-state index contributed by atoms with van der Waals surface area (Å²) in [5.74, 6) is 2.22. The van der Waals surface area contributed by atoms with E-state index in [9.17, 15) is 0 Å². The number of aromatic nitrogens is 6. The highest BCUT2D eigenvalue weighted by molar-refractivity contribution is 5.45. The lowest BCUT2D eigenvalue weighted by Gasteiger charge is -2.39. The molecule has 0 radical (unpaired) electrons. The molecule has 0 aromatic carbocycles. The maximum atomic E-state index is 5.89. The molecule has 30 heavy (non-hydrogen) atoms. The van der Waals surface area contributed by atoms with Gasteiger partial charge in [0.15, 0.2) is 5.82 Å². The Morgan fingerprint density at radius 3 is 2.47 bits per heavy atom. The third-order valence-corrected chi connectivity index (χ3v) is 5.62. The van der Waals surface area contributed by atoms with Gasteiger partial charge in [-0.25, -0.2) is 4.98 Å². The zero-order chi connectivity index (χ0) is 21.4. The molecular weight excluding hydrogens is 386 g/mol. The second-order valence-corrected chi connectivity index (χ2v) is 8.63. The molecule has 0 N–H and O–H groups in total. The van der Waals surface area contributed by atoms with Crippen molar-refractivity contribution in [1.82, 2.24) is 35.1 Å². The Hall–Kier alpha value is -2.72. The monoisotopic (exact) mass is 413 g/mol. The molecule has 1 aliphatic heterocycles. The molecule has 1 fully saturated rings. The number of hydrogen-bond donors (Lipinski definition) is 0. The highest BCUT2D eigenvalue weighted by Gasteiger charge is 2.43. The van der Waals surface area contributed by atoms with Crippen molar-refractivity contribution >= 4 is 0 Å². The van der Waals surface area contributed by atoms with Gasteiger partial charge in [-0.05, 0) is 19.8 Å². The van der Waals surface area contributed by atoms with Crippen molar-refractivity contribution in [2.45, 2.75) is 57.6 Å². The van der Waals surface area contributed by atoms with Gasteiger partial charge >= 0.3 is 0 Å². The normalized spacial score (nSPS) is 18.4. The molecule has 4 rings (SSSR count). The van der Waals surface area contributed by atoms with E-state index in [4.69, 9.17) is 13.8 Å². The molecule has 0 aliphatic carbocycles. The third-order valence-electron chi connectivity index (χ3n) is 5.62. The van der Waals surface area contributed by atoms with Crippen molar-refractivity contribution in [2.75, 3.05) is 20.2 Å². The van der Waals surface area contributed by atoms with Gasteiger partial charge in [0.25, 0.3) is 5.89 Å². The average Bonchev–Trinajstić information content (AvgIpc) is 3.44. The number of ether oxygens (including phenoxy) is 1. The van der Waals surface area contributed by atoms with E-state index >= 15 is 0 Å². The van der Waals surface area contributed by atoms with Gasteiger partial charge in [-0.2, -0.15) is 9.97 Å². The van der Waals surface area contributed by atoms with Crippen LogP contribution in [-0.2, 0) is 15.8 Å². The number of piperidine rings is 1. The van der Waals surface area contributed by atoms with Crippen molar-refractivity contribution in [3.8, 4) is 11.5 Å². The lowest BCUT2D eigenvalue weighted by molar-refractivity contribution is -0.0891. The van der Waals surface area contributed by atoms with Crippen LogP contribution in [0.15, 0.2) is 27.6 Å². The van der Waals surface area contributed by atoms with E-state index in [0.29, 0.717) is 36.1 Å². The van der Waals surface area contributed by atoms with Gasteiger partial charge in [0.05, 0.1) is 12.2 Å². The van der Waals surface area contributed by atoms with Crippen LogP contribution in [-0.4, -0.2) is 55.3 Å². The molecule has 3 aromatic heterocycles. The summed E-state index contributed by atoms with van der Waals surface area (Å²) in [4.78, 5) is 19.7. The van der Waals surface area contributed by atoms with Gasteiger partial charge in [0.2, 0.25) is 11.7 Å². The molecule has 10 heteroatoms. The Morgan fingerprint density at radius 2 is 1.87 bits per heavy atom. The van der Waals surface area contributed by atoms with Crippen molar-refractivity contribution in [3.05, 3.63) is 36.2 Å². The number of methoxy groups -OCH3 is 1. The summed E-state index contributed by atoms with van der Waals surface area (Å²) in [6.07, 6.45) is 6.22. The van der Waals surface area contributed by atoms with E-state index in [1.165, 1.54) is 0 Å². The number of rotatable bonds is 5. The first-order chi connectivity index (χ1) is 14.3. The van der Waals surface area contributed by atoms with Crippen LogP contribution in [0.4, 0.5) is 0 Å². The summed E-state index contributed by atoms with van der Waals surface area (Å²) in [5, 5.41) is 8.21. The molecule has 1 saturated heterocycles. The predicted molar refractivity (Wildman–Crippen MR) is 106 cm³/mol. The fraction of sp³-hybridized carbons (Fsp3) is 0.600. The minimum Gasteiger partial charge on any atom is -0.368 e. The fourth-order valence-electron chi connectivity index (χ4n) is 3.57. The van der Waals surface area contributed by atoms with E-state index in [2.05, 4.69) is 62.8 Å². The molecule has 4 heterocycles. The lowest BCUT2D eigenvalue weighted by atomic mass is 9.90. The van der Waals surface area contributed by atoms with Crippen molar-refractivity contribution < 1.29 is 13.8 Å². The van der Waals surface area contributed by atoms with E-state index in [1.54, 1.807) is 25.7 Å². The molecule has 1 aliphatic rings. The Morgan fingerprint density at radius 1 is 1.10 bits per heavy atom. The second kappa shape index (κ2) is 7.84. The van der Waals surface area contributed by atoms with Gasteiger partial charge in [0.1, 0.15) is 11.3 Å². The summed E-state index contributed by atoms with van der Waals surface area (Å²) in [5.41, 5.74) is -0.210. The standard InChI is InChI=1S/C20H27N7O3/c1-13(16-24-17(26-29-16)19(2,3)4)27-10-6-20(28-5,7-11-27)18-23-15(25-30-18)14-12-21-8-9-22-14/h8-9,12-13H,6-7,10-11H2,1-5H3. The zero-order valence-electron chi connectivity index (χ0n) is 18.0. The van der Waals surface area contributed by atoms with Crippen LogP contribution in [0.25, 0.3) is 11.5 Å². The van der Waals surface area contributed by atoms with Crippen LogP contribution >= 0.6 is 0 Å². The van der Waals surface area contributed by atoms with Crippen LogP contribution in [0.2, 0.25) is 0 Å². The summed E-state index contributed by atoms with van der Waals surface area (Å²) >= 11 is 0. The maximum absolute atomic E-state index is 5.89. The SMILES string of the molecule is COC1(c2nc(-c3cnccn3)no2)CCN(C(C)c2nc(C(C)(C)C)no2)CC1. The molecule has 10 nitrogen and oxygen atoms in total. The van der Waals surface area contributed by atoms with Crippen LogP contribution in [0, 0.1) is 0 Å². The molecule has 0 amide bonds. The van der Waals surface area contributed by atoms with E-state index < -0.39 is 5.60 Å². The smallest absolute Gasteiger partial charge is 0.259 e. The first kappa shape index (κ1) is 20.5. The fourth-order valence-corrected chi connectivity index (χ4v) is 3.57. The van der Waals surface area contributed by atoms with Crippen LogP contribution in [0.3, 0.4) is 0 Å². The summed E-state index contributed by atoms with van der Waals surface area (Å²) in [7, 11) is 1.68. The zero-order valence-corrected chi connectivity index (χ0v) is 18.0. The van der Waals surface area contributed by atoms with Gasteiger partial charge in [-0.1, -0.05) is 31.1 Å². The minimum absolute atomic E-state index is 0.0151. The molecule has 160 valence electrons. The molecular formula is C20H27N7O3. The molecule has 0 bridgehead atoms. The molecule has 0 saturated carbocycles. The third kappa shape index (κ3) is 3.84. The largest absolute Gasteiger partial charge is 0.368 e. The first-order valence-corrected chi connectivity index (χ1v) is 10.1. The van der Waals surface area contributed by atoms with Gasteiger partial charge in [0, 0.05) is 38.0 Å². The van der Waals surface area contributed by atoms with Crippen molar-refractivity contribution in [1.29, 1.82) is 0 Å². The highest BCUT2D eigenvalue weighted by Crippen LogP contribution is 2.38. The molecule has 3 aromatic rings. The van der Waals surface area contributed by atoms with E-state index in [0.717, 1.165) is 18.9 Å². The highest BCUT2D eigenvalue weighted by atomic mass is 16.5. The second-order valence-electron chi connectivity index (χ2n) is 8.63. The number of likely N-dealkylation sites (tertiary alicyclic amines) is 1. The topological polar surface area (TPSA) is 116 Å². The van der Waals surface area contributed by atoms with Gasteiger partial charge in [-0.3, -0.25) is 9.88 Å². The van der Waals surface area contributed by atoms with Gasteiger partial charge in [-0.15, -0.1) is 0 Å². The van der Waals surface area contributed by atoms with Crippen molar-refractivity contribution in [2.24, 2.45) is 0 Å². The Labute approximate surface area is 175 Å². The first-order valence-electron chi connectivity index (χ1n) is 10.1. The van der Waals surface area contributed by atoms with Crippen molar-refractivity contribution in [3.63, 3.8) is 0 Å². The molecule has 0 spiro atoms. The number of nitrogens with zero attached hydrogens (tertiary/aromatic N) is 7. The van der Waals surface area contributed by atoms with Crippen LogP contribution in [0.5, 0.6) is 0 Å². The Bertz CT molecular complexity index is 972. The summed E-state index contributed by atoms with van der Waals surface area (Å²) < 4.78 is 17.0. The minimum atomic E-state index is -0.630. The Kier molecular flexibility index (Phi) is 5.37.